The van der Waals surface area contributed by atoms with Crippen molar-refractivity contribution < 1.29 is 13.9 Å². The van der Waals surface area contributed by atoms with E-state index in [2.05, 4.69) is 9.97 Å². The fraction of sp³-hybridized carbons (Fsp3) is 0.0952. The molecular weight excluding hydrogens is 391 g/mol. The molecule has 0 saturated heterocycles. The Hall–Kier alpha value is -3.52. The zero-order valence-electron chi connectivity index (χ0n) is 15.1. The minimum atomic E-state index is -0.786. The Morgan fingerprint density at radius 3 is 2.76 bits per heavy atom. The number of primary amides is 1. The van der Waals surface area contributed by atoms with E-state index >= 15 is 0 Å². The largest absolute Gasteiger partial charge is 0.477 e. The summed E-state index contributed by atoms with van der Waals surface area (Å²) in [5, 5.41) is 0. The molecule has 3 heterocycles. The van der Waals surface area contributed by atoms with Gasteiger partial charge in [-0.15, -0.1) is 11.3 Å². The van der Waals surface area contributed by atoms with Crippen molar-refractivity contribution in [1.82, 2.24) is 9.97 Å². The van der Waals surface area contributed by atoms with Crippen LogP contribution in [-0.2, 0) is 4.79 Å². The maximum atomic E-state index is 13.3. The number of ether oxygens (including phenoxy) is 1. The Balaban J connectivity index is 1.65. The Labute approximate surface area is 169 Å². The summed E-state index contributed by atoms with van der Waals surface area (Å²) in [6.07, 6.45) is 0.711. The normalized spacial score (nSPS) is 15.8. The standard InChI is InChI=1S/C21H15FN4O2S/c22-13-7-5-12(6-8-13)18-9-14-19(29-18)21(25-11-24-14)26-10-17(20(23)27)28-16-4-2-1-3-15(16)26/h1-9,11,17H,10H2,(H2,23,27)/t17-/m0/s1. The second kappa shape index (κ2) is 6.82. The lowest BCUT2D eigenvalue weighted by molar-refractivity contribution is -0.124. The summed E-state index contributed by atoms with van der Waals surface area (Å²) in [7, 11) is 0. The van der Waals surface area contributed by atoms with Gasteiger partial charge in [0.15, 0.2) is 11.9 Å². The summed E-state index contributed by atoms with van der Waals surface area (Å²) in [5.41, 5.74) is 8.00. The Kier molecular flexibility index (Phi) is 4.13. The molecule has 6 nitrogen and oxygen atoms in total. The molecule has 2 aromatic carbocycles. The van der Waals surface area contributed by atoms with Crippen molar-refractivity contribution in [2.75, 3.05) is 11.4 Å². The van der Waals surface area contributed by atoms with Gasteiger partial charge in [0.2, 0.25) is 0 Å². The van der Waals surface area contributed by atoms with Gasteiger partial charge in [-0.05, 0) is 35.9 Å². The van der Waals surface area contributed by atoms with E-state index in [1.807, 2.05) is 29.2 Å². The summed E-state index contributed by atoms with van der Waals surface area (Å²) in [5.74, 6) is 0.436. The highest BCUT2D eigenvalue weighted by Crippen LogP contribution is 2.42. The number of nitrogens with zero attached hydrogens (tertiary/aromatic N) is 3. The molecular formula is C21H15FN4O2S. The second-order valence-electron chi connectivity index (χ2n) is 6.62. The molecule has 1 aliphatic rings. The van der Waals surface area contributed by atoms with Gasteiger partial charge in [0.05, 0.1) is 22.4 Å². The summed E-state index contributed by atoms with van der Waals surface area (Å²) in [4.78, 5) is 23.6. The van der Waals surface area contributed by atoms with Gasteiger partial charge in [-0.3, -0.25) is 4.79 Å². The van der Waals surface area contributed by atoms with E-state index in [0.717, 1.165) is 26.3 Å². The molecule has 0 aliphatic carbocycles. The van der Waals surface area contributed by atoms with Crippen LogP contribution in [0.2, 0.25) is 0 Å². The number of para-hydroxylation sites is 2. The van der Waals surface area contributed by atoms with Gasteiger partial charge < -0.3 is 15.4 Å². The number of aromatic nitrogens is 2. The predicted molar refractivity (Wildman–Crippen MR) is 110 cm³/mol. The fourth-order valence-electron chi connectivity index (χ4n) is 3.37. The third-order valence-corrected chi connectivity index (χ3v) is 5.94. The lowest BCUT2D eigenvalue weighted by Gasteiger charge is -2.34. The van der Waals surface area contributed by atoms with Crippen molar-refractivity contribution in [2.45, 2.75) is 6.10 Å². The molecule has 1 amide bonds. The van der Waals surface area contributed by atoms with E-state index < -0.39 is 12.0 Å². The highest BCUT2D eigenvalue weighted by atomic mass is 32.1. The van der Waals surface area contributed by atoms with E-state index in [0.29, 0.717) is 11.6 Å². The van der Waals surface area contributed by atoms with Crippen LogP contribution in [0, 0.1) is 5.82 Å². The summed E-state index contributed by atoms with van der Waals surface area (Å²) in [6, 6.07) is 15.7. The first-order valence-electron chi connectivity index (χ1n) is 8.93. The van der Waals surface area contributed by atoms with E-state index in [4.69, 9.17) is 10.5 Å². The number of hydrogen-bond donors (Lipinski definition) is 1. The molecule has 0 unspecified atom stereocenters. The molecule has 0 spiro atoms. The van der Waals surface area contributed by atoms with Crippen molar-refractivity contribution in [3.8, 4) is 16.2 Å². The predicted octanol–water partition coefficient (Wildman–Crippen LogP) is 3.88. The van der Waals surface area contributed by atoms with Crippen LogP contribution in [0.25, 0.3) is 20.7 Å². The number of hydrogen-bond acceptors (Lipinski definition) is 6. The maximum absolute atomic E-state index is 13.3. The molecule has 144 valence electrons. The van der Waals surface area contributed by atoms with Crippen LogP contribution >= 0.6 is 11.3 Å². The third-order valence-electron chi connectivity index (χ3n) is 4.77. The lowest BCUT2D eigenvalue weighted by atomic mass is 10.1. The van der Waals surface area contributed by atoms with Gasteiger partial charge in [0.25, 0.3) is 5.91 Å². The number of nitrogens with two attached hydrogens (primary N) is 1. The molecule has 0 saturated carbocycles. The summed E-state index contributed by atoms with van der Waals surface area (Å²) >= 11 is 1.51. The number of thiophene rings is 1. The Morgan fingerprint density at radius 2 is 1.97 bits per heavy atom. The minimum Gasteiger partial charge on any atom is -0.477 e. The Bertz CT molecular complexity index is 1230. The second-order valence-corrected chi connectivity index (χ2v) is 7.67. The number of rotatable bonds is 3. The van der Waals surface area contributed by atoms with Crippen molar-refractivity contribution in [3.05, 3.63) is 66.7 Å². The van der Waals surface area contributed by atoms with Crippen LogP contribution in [0.3, 0.4) is 0 Å². The minimum absolute atomic E-state index is 0.252. The molecule has 29 heavy (non-hydrogen) atoms. The zero-order chi connectivity index (χ0) is 20.0. The van der Waals surface area contributed by atoms with Crippen molar-refractivity contribution in [1.29, 1.82) is 0 Å². The molecule has 4 aromatic rings. The van der Waals surface area contributed by atoms with Crippen LogP contribution in [-0.4, -0.2) is 28.5 Å². The maximum Gasteiger partial charge on any atom is 0.260 e. The van der Waals surface area contributed by atoms with Crippen LogP contribution in [0.5, 0.6) is 5.75 Å². The monoisotopic (exact) mass is 406 g/mol. The molecule has 0 bridgehead atoms. The van der Waals surface area contributed by atoms with Crippen LogP contribution in [0.4, 0.5) is 15.9 Å². The van der Waals surface area contributed by atoms with Gasteiger partial charge >= 0.3 is 0 Å². The first-order valence-corrected chi connectivity index (χ1v) is 9.75. The van der Waals surface area contributed by atoms with Crippen molar-refractivity contribution in [2.24, 2.45) is 5.73 Å². The van der Waals surface area contributed by atoms with Gasteiger partial charge in [-0.2, -0.15) is 0 Å². The van der Waals surface area contributed by atoms with E-state index in [1.54, 1.807) is 18.2 Å². The smallest absolute Gasteiger partial charge is 0.260 e. The zero-order valence-corrected chi connectivity index (χ0v) is 15.9. The summed E-state index contributed by atoms with van der Waals surface area (Å²) in [6.45, 7) is 0.252. The molecule has 5 rings (SSSR count). The van der Waals surface area contributed by atoms with Gasteiger partial charge in [0, 0.05) is 4.88 Å². The van der Waals surface area contributed by atoms with E-state index in [1.165, 1.54) is 29.8 Å². The quantitative estimate of drug-likeness (QED) is 0.558. The summed E-state index contributed by atoms with van der Waals surface area (Å²) < 4.78 is 19.9. The molecule has 8 heteroatoms. The number of fused-ring (bicyclic) bond motifs is 2. The molecule has 1 aliphatic heterocycles. The van der Waals surface area contributed by atoms with Gasteiger partial charge in [0.1, 0.15) is 17.9 Å². The van der Waals surface area contributed by atoms with Gasteiger partial charge in [-0.25, -0.2) is 14.4 Å². The molecule has 1 atom stereocenters. The third kappa shape index (κ3) is 3.07. The highest BCUT2D eigenvalue weighted by molar-refractivity contribution is 7.22. The number of anilines is 2. The topological polar surface area (TPSA) is 81.3 Å². The van der Waals surface area contributed by atoms with Crippen molar-refractivity contribution in [3.63, 3.8) is 0 Å². The van der Waals surface area contributed by atoms with Crippen LogP contribution in [0.15, 0.2) is 60.9 Å². The number of halogens is 1. The average molecular weight is 406 g/mol. The number of amides is 1. The van der Waals surface area contributed by atoms with E-state index in [-0.39, 0.29) is 12.4 Å². The van der Waals surface area contributed by atoms with Gasteiger partial charge in [-0.1, -0.05) is 24.3 Å². The number of carbonyl (C=O) groups is 1. The lowest BCUT2D eigenvalue weighted by Crippen LogP contribution is -2.45. The highest BCUT2D eigenvalue weighted by Gasteiger charge is 2.32. The SMILES string of the molecule is NC(=O)[C@@H]1CN(c2ncnc3cc(-c4ccc(F)cc4)sc23)c2ccccc2O1. The van der Waals surface area contributed by atoms with Crippen LogP contribution < -0.4 is 15.4 Å². The number of benzene rings is 2. The van der Waals surface area contributed by atoms with E-state index in [9.17, 15) is 9.18 Å². The molecule has 2 aromatic heterocycles. The molecule has 0 fully saturated rings. The first kappa shape index (κ1) is 17.6. The van der Waals surface area contributed by atoms with Crippen LogP contribution in [0.1, 0.15) is 0 Å². The average Bonchev–Trinajstić information content (AvgIpc) is 3.18. The Morgan fingerprint density at radius 1 is 1.17 bits per heavy atom. The molecule has 2 N–H and O–H groups in total. The number of carbonyl (C=O) groups excluding carboxylic acids is 1. The first-order chi connectivity index (χ1) is 14.1. The fourth-order valence-corrected chi connectivity index (χ4v) is 4.49. The molecule has 0 radical (unpaired) electrons. The van der Waals surface area contributed by atoms with Crippen molar-refractivity contribution >= 4 is 39.0 Å².